The molecule has 0 atom stereocenters. The van der Waals surface area contributed by atoms with Gasteiger partial charge in [0.1, 0.15) is 0 Å². The Morgan fingerprint density at radius 2 is 1.17 bits per heavy atom. The molecule has 24 heavy (non-hydrogen) atoms. The van der Waals surface area contributed by atoms with Gasteiger partial charge in [0.15, 0.2) is 0 Å². The molecular formula is C22H44O2. The van der Waals surface area contributed by atoms with E-state index in [9.17, 15) is 4.79 Å². The van der Waals surface area contributed by atoms with Gasteiger partial charge in [-0.1, -0.05) is 98.8 Å². The van der Waals surface area contributed by atoms with Gasteiger partial charge in [-0.15, -0.1) is 0 Å². The van der Waals surface area contributed by atoms with E-state index in [4.69, 9.17) is 4.74 Å². The first-order valence-corrected chi connectivity index (χ1v) is 10.5. The highest BCUT2D eigenvalue weighted by Crippen LogP contribution is 2.22. The van der Waals surface area contributed by atoms with Crippen LogP contribution in [0.15, 0.2) is 0 Å². The van der Waals surface area contributed by atoms with Crippen molar-refractivity contribution in [3.63, 3.8) is 0 Å². The quantitative estimate of drug-likeness (QED) is 0.231. The Labute approximate surface area is 152 Å². The second-order valence-electron chi connectivity index (χ2n) is 9.02. The number of rotatable bonds is 15. The summed E-state index contributed by atoms with van der Waals surface area (Å²) in [6.07, 6.45) is 16.6. The van der Waals surface area contributed by atoms with Crippen LogP contribution in [0, 0.1) is 11.3 Å². The molecule has 0 aliphatic carbocycles. The number of hydrogen-bond donors (Lipinski definition) is 0. The van der Waals surface area contributed by atoms with Crippen LogP contribution in [0.2, 0.25) is 0 Å². The molecule has 0 aromatic carbocycles. The number of ether oxygens (including phenoxy) is 1. The van der Waals surface area contributed by atoms with Crippen LogP contribution in [-0.4, -0.2) is 12.6 Å². The first-order valence-electron chi connectivity index (χ1n) is 10.5. The van der Waals surface area contributed by atoms with Gasteiger partial charge in [-0.05, 0) is 24.2 Å². The summed E-state index contributed by atoms with van der Waals surface area (Å²) in [7, 11) is 0. The second-order valence-corrected chi connectivity index (χ2v) is 9.02. The Morgan fingerprint density at radius 1 is 0.750 bits per heavy atom. The molecule has 0 saturated carbocycles. The fourth-order valence-corrected chi connectivity index (χ4v) is 2.93. The monoisotopic (exact) mass is 340 g/mol. The van der Waals surface area contributed by atoms with Crippen molar-refractivity contribution in [2.45, 2.75) is 118 Å². The zero-order chi connectivity index (χ0) is 18.3. The summed E-state index contributed by atoms with van der Waals surface area (Å²) in [6, 6.07) is 0. The minimum Gasteiger partial charge on any atom is -0.466 e. The molecule has 144 valence electrons. The van der Waals surface area contributed by atoms with E-state index in [1.807, 2.05) is 13.8 Å². The molecule has 0 aliphatic heterocycles. The van der Waals surface area contributed by atoms with Crippen LogP contribution in [0.25, 0.3) is 0 Å². The molecule has 0 radical (unpaired) electrons. The van der Waals surface area contributed by atoms with Gasteiger partial charge in [-0.25, -0.2) is 0 Å². The Hall–Kier alpha value is -0.530. The van der Waals surface area contributed by atoms with E-state index >= 15 is 0 Å². The van der Waals surface area contributed by atoms with Crippen molar-refractivity contribution >= 4 is 5.97 Å². The first-order chi connectivity index (χ1) is 11.3. The van der Waals surface area contributed by atoms with Crippen LogP contribution in [0.4, 0.5) is 0 Å². The van der Waals surface area contributed by atoms with Gasteiger partial charge >= 0.3 is 5.97 Å². The molecule has 0 amide bonds. The van der Waals surface area contributed by atoms with E-state index in [-0.39, 0.29) is 5.97 Å². The number of carbonyl (C=O) groups is 1. The molecule has 0 heterocycles. The Kier molecular flexibility index (Phi) is 14.5. The van der Waals surface area contributed by atoms with Crippen molar-refractivity contribution < 1.29 is 9.53 Å². The minimum absolute atomic E-state index is 0.0347. The standard InChI is InChI=1S/C22H44O2/c1-20(2)19-21(23)24-18-16-14-12-10-8-6-7-9-11-13-15-17-22(3,4)5/h20H,6-19H2,1-5H3. The minimum atomic E-state index is -0.0347. The highest BCUT2D eigenvalue weighted by Gasteiger charge is 2.08. The summed E-state index contributed by atoms with van der Waals surface area (Å²) in [5.41, 5.74) is 0.507. The second kappa shape index (κ2) is 14.8. The summed E-state index contributed by atoms with van der Waals surface area (Å²) in [5.74, 6) is 0.364. The van der Waals surface area contributed by atoms with Crippen molar-refractivity contribution in [3.8, 4) is 0 Å². The van der Waals surface area contributed by atoms with Crippen molar-refractivity contribution in [2.75, 3.05) is 6.61 Å². The van der Waals surface area contributed by atoms with Crippen LogP contribution < -0.4 is 0 Å². The van der Waals surface area contributed by atoms with Crippen molar-refractivity contribution in [2.24, 2.45) is 11.3 Å². The largest absolute Gasteiger partial charge is 0.466 e. The molecule has 0 spiro atoms. The highest BCUT2D eigenvalue weighted by molar-refractivity contribution is 5.69. The molecule has 0 fully saturated rings. The van der Waals surface area contributed by atoms with Gasteiger partial charge < -0.3 is 4.74 Å². The number of carbonyl (C=O) groups excluding carboxylic acids is 1. The molecule has 2 heteroatoms. The maximum absolute atomic E-state index is 11.4. The summed E-state index contributed by atoms with van der Waals surface area (Å²) >= 11 is 0. The molecule has 0 unspecified atom stereocenters. The average molecular weight is 341 g/mol. The lowest BCUT2D eigenvalue weighted by Crippen LogP contribution is -2.08. The van der Waals surface area contributed by atoms with E-state index in [2.05, 4.69) is 20.8 Å². The molecule has 2 nitrogen and oxygen atoms in total. The maximum Gasteiger partial charge on any atom is 0.306 e. The van der Waals surface area contributed by atoms with Gasteiger partial charge in [0, 0.05) is 6.42 Å². The first kappa shape index (κ1) is 23.5. The Bertz CT molecular complexity index is 289. The molecule has 0 N–H and O–H groups in total. The number of unbranched alkanes of at least 4 members (excludes halogenated alkanes) is 10. The normalized spacial score (nSPS) is 11.9. The predicted octanol–water partition coefficient (Wildman–Crippen LogP) is 7.30. The third-order valence-corrected chi connectivity index (χ3v) is 4.41. The number of esters is 1. The third kappa shape index (κ3) is 19.5. The summed E-state index contributed by atoms with van der Waals surface area (Å²) < 4.78 is 5.23. The van der Waals surface area contributed by atoms with Crippen molar-refractivity contribution in [1.29, 1.82) is 0 Å². The molecule has 0 aliphatic rings. The van der Waals surface area contributed by atoms with E-state index in [0.717, 1.165) is 6.42 Å². The Morgan fingerprint density at radius 3 is 1.58 bits per heavy atom. The smallest absolute Gasteiger partial charge is 0.306 e. The van der Waals surface area contributed by atoms with Crippen LogP contribution >= 0.6 is 0 Å². The molecular weight excluding hydrogens is 296 g/mol. The SMILES string of the molecule is CC(C)CC(=O)OCCCCCCCCCCCCCC(C)(C)C. The van der Waals surface area contributed by atoms with Gasteiger partial charge in [-0.3, -0.25) is 4.79 Å². The predicted molar refractivity (Wildman–Crippen MR) is 105 cm³/mol. The summed E-state index contributed by atoms with van der Waals surface area (Å²) in [5, 5.41) is 0. The topological polar surface area (TPSA) is 26.3 Å². The van der Waals surface area contributed by atoms with Gasteiger partial charge in [0.05, 0.1) is 6.61 Å². The van der Waals surface area contributed by atoms with Gasteiger partial charge in [0.25, 0.3) is 0 Å². The lowest BCUT2D eigenvalue weighted by molar-refractivity contribution is -0.144. The van der Waals surface area contributed by atoms with Crippen LogP contribution in [0.5, 0.6) is 0 Å². The number of hydrogen-bond acceptors (Lipinski definition) is 2. The zero-order valence-electron chi connectivity index (χ0n) is 17.3. The fourth-order valence-electron chi connectivity index (χ4n) is 2.93. The Balaban J connectivity index is 3.14. The summed E-state index contributed by atoms with van der Waals surface area (Å²) in [4.78, 5) is 11.4. The van der Waals surface area contributed by atoms with Gasteiger partial charge in [-0.2, -0.15) is 0 Å². The highest BCUT2D eigenvalue weighted by atomic mass is 16.5. The zero-order valence-corrected chi connectivity index (χ0v) is 17.3. The lowest BCUT2D eigenvalue weighted by Gasteiger charge is -2.17. The van der Waals surface area contributed by atoms with Crippen molar-refractivity contribution in [1.82, 2.24) is 0 Å². The average Bonchev–Trinajstić information content (AvgIpc) is 2.45. The molecule has 0 rings (SSSR count). The molecule has 0 aromatic rings. The van der Waals surface area contributed by atoms with E-state index in [0.29, 0.717) is 24.4 Å². The van der Waals surface area contributed by atoms with Crippen LogP contribution in [0.1, 0.15) is 118 Å². The molecule has 0 aromatic heterocycles. The van der Waals surface area contributed by atoms with E-state index in [1.54, 1.807) is 0 Å². The van der Waals surface area contributed by atoms with E-state index in [1.165, 1.54) is 70.6 Å². The summed E-state index contributed by atoms with van der Waals surface area (Å²) in [6.45, 7) is 11.7. The fraction of sp³-hybridized carbons (Fsp3) is 0.955. The van der Waals surface area contributed by atoms with Gasteiger partial charge in [0.2, 0.25) is 0 Å². The third-order valence-electron chi connectivity index (χ3n) is 4.41. The lowest BCUT2D eigenvalue weighted by atomic mass is 9.89. The molecule has 0 saturated heterocycles. The van der Waals surface area contributed by atoms with Crippen LogP contribution in [0.3, 0.4) is 0 Å². The molecule has 0 bridgehead atoms. The van der Waals surface area contributed by atoms with Crippen molar-refractivity contribution in [3.05, 3.63) is 0 Å². The van der Waals surface area contributed by atoms with E-state index < -0.39 is 0 Å². The van der Waals surface area contributed by atoms with Crippen LogP contribution in [-0.2, 0) is 9.53 Å². The maximum atomic E-state index is 11.4.